The van der Waals surface area contributed by atoms with Gasteiger partial charge in [-0.1, -0.05) is 24.0 Å². The topological polar surface area (TPSA) is 46.2 Å². The van der Waals surface area contributed by atoms with Crippen molar-refractivity contribution in [2.45, 2.75) is 18.0 Å². The highest BCUT2D eigenvalue weighted by atomic mass is 32.2. The Labute approximate surface area is 91.1 Å². The van der Waals surface area contributed by atoms with E-state index in [4.69, 9.17) is 0 Å². The molecule has 0 spiro atoms. The molecule has 88 valence electrons. The van der Waals surface area contributed by atoms with Crippen LogP contribution in [0.5, 0.6) is 0 Å². The summed E-state index contributed by atoms with van der Waals surface area (Å²) in [5.41, 5.74) is -6.77. The van der Waals surface area contributed by atoms with E-state index in [1.807, 2.05) is 0 Å². The SMILES string of the molecule is CC1(NS(=O)(=O)C(F)(F)F)C=CC#CC=C1. The number of allylic oxidation sites excluding steroid dienone is 2. The van der Waals surface area contributed by atoms with Crippen LogP contribution in [-0.2, 0) is 10.0 Å². The van der Waals surface area contributed by atoms with Gasteiger partial charge in [0.1, 0.15) is 0 Å². The lowest BCUT2D eigenvalue weighted by molar-refractivity contribution is -0.0451. The van der Waals surface area contributed by atoms with Crippen LogP contribution in [0, 0.1) is 11.8 Å². The lowest BCUT2D eigenvalue weighted by atomic mass is 10.0. The van der Waals surface area contributed by atoms with Gasteiger partial charge in [0, 0.05) is 0 Å². The van der Waals surface area contributed by atoms with E-state index in [9.17, 15) is 21.6 Å². The number of rotatable bonds is 2. The van der Waals surface area contributed by atoms with Crippen LogP contribution >= 0.6 is 0 Å². The van der Waals surface area contributed by atoms with Gasteiger partial charge in [-0.2, -0.15) is 17.9 Å². The fraction of sp³-hybridized carbons (Fsp3) is 0.333. The van der Waals surface area contributed by atoms with Crippen LogP contribution < -0.4 is 4.72 Å². The number of halogens is 3. The zero-order valence-electron chi connectivity index (χ0n) is 8.17. The third kappa shape index (κ3) is 2.87. The molecule has 1 aliphatic carbocycles. The van der Waals surface area contributed by atoms with Gasteiger partial charge in [-0.3, -0.25) is 0 Å². The molecule has 0 fully saturated rings. The Bertz CT molecular complexity index is 473. The Morgan fingerprint density at radius 3 is 2.00 bits per heavy atom. The zero-order valence-corrected chi connectivity index (χ0v) is 8.98. The van der Waals surface area contributed by atoms with Crippen molar-refractivity contribution in [3.8, 4) is 11.8 Å². The maximum Gasteiger partial charge on any atom is 0.511 e. The van der Waals surface area contributed by atoms with Gasteiger partial charge >= 0.3 is 15.5 Å². The van der Waals surface area contributed by atoms with Crippen molar-refractivity contribution in [2.24, 2.45) is 0 Å². The standard InChI is InChI=1S/C9H8F3NO2S/c1-8(6-4-2-3-5-7-8)13-16(14,15)9(10,11)12/h4-7,13H,1H3. The van der Waals surface area contributed by atoms with Crippen LogP contribution in [0.1, 0.15) is 6.92 Å². The van der Waals surface area contributed by atoms with Gasteiger partial charge in [0.2, 0.25) is 0 Å². The fourth-order valence-corrected chi connectivity index (χ4v) is 1.83. The first-order chi connectivity index (χ1) is 7.16. The van der Waals surface area contributed by atoms with Crippen LogP contribution in [0.4, 0.5) is 13.2 Å². The van der Waals surface area contributed by atoms with E-state index in [2.05, 4.69) is 11.8 Å². The van der Waals surface area contributed by atoms with E-state index >= 15 is 0 Å². The number of nitrogens with one attached hydrogen (secondary N) is 1. The minimum atomic E-state index is -5.38. The van der Waals surface area contributed by atoms with Gasteiger partial charge in [-0.25, -0.2) is 8.42 Å². The summed E-state index contributed by atoms with van der Waals surface area (Å²) in [6, 6.07) is 0. The Hall–Kier alpha value is -1.26. The molecule has 1 rings (SSSR count). The number of hydrogen-bond acceptors (Lipinski definition) is 2. The molecule has 0 amide bonds. The van der Waals surface area contributed by atoms with Gasteiger partial charge < -0.3 is 0 Å². The summed E-state index contributed by atoms with van der Waals surface area (Å²) in [5.74, 6) is 4.99. The first-order valence-electron chi connectivity index (χ1n) is 4.13. The summed E-state index contributed by atoms with van der Waals surface area (Å²) >= 11 is 0. The maximum absolute atomic E-state index is 12.1. The molecule has 0 saturated carbocycles. The number of alkyl halides is 3. The van der Waals surface area contributed by atoms with Crippen molar-refractivity contribution in [1.29, 1.82) is 0 Å². The highest BCUT2D eigenvalue weighted by Gasteiger charge is 2.48. The lowest BCUT2D eigenvalue weighted by Gasteiger charge is -2.23. The second-order valence-electron chi connectivity index (χ2n) is 3.29. The predicted molar refractivity (Wildman–Crippen MR) is 52.6 cm³/mol. The number of sulfonamides is 1. The first kappa shape index (κ1) is 12.8. The molecule has 0 heterocycles. The number of hydrogen-bond donors (Lipinski definition) is 1. The quantitative estimate of drug-likeness (QED) is 0.752. The van der Waals surface area contributed by atoms with Gasteiger partial charge in [-0.15, -0.1) is 0 Å². The summed E-state index contributed by atoms with van der Waals surface area (Å²) in [6.45, 7) is 1.29. The lowest BCUT2D eigenvalue weighted by Crippen LogP contribution is -2.48. The minimum absolute atomic E-state index is 1.24. The highest BCUT2D eigenvalue weighted by Crippen LogP contribution is 2.24. The van der Waals surface area contributed by atoms with E-state index in [-0.39, 0.29) is 0 Å². The Morgan fingerprint density at radius 2 is 1.62 bits per heavy atom. The summed E-state index contributed by atoms with van der Waals surface area (Å²) in [7, 11) is -5.38. The molecule has 0 radical (unpaired) electrons. The predicted octanol–water partition coefficient (Wildman–Crippen LogP) is 1.31. The van der Waals surface area contributed by atoms with Gasteiger partial charge in [-0.05, 0) is 19.1 Å². The first-order valence-corrected chi connectivity index (χ1v) is 5.61. The van der Waals surface area contributed by atoms with Crippen molar-refractivity contribution >= 4 is 10.0 Å². The van der Waals surface area contributed by atoms with Crippen molar-refractivity contribution in [2.75, 3.05) is 0 Å². The van der Waals surface area contributed by atoms with Gasteiger partial charge in [0.15, 0.2) is 0 Å². The Morgan fingerprint density at radius 1 is 1.19 bits per heavy atom. The zero-order chi connectivity index (χ0) is 12.4. The second-order valence-corrected chi connectivity index (χ2v) is 4.96. The molecule has 16 heavy (non-hydrogen) atoms. The highest BCUT2D eigenvalue weighted by molar-refractivity contribution is 7.90. The van der Waals surface area contributed by atoms with E-state index in [1.165, 1.54) is 31.2 Å². The van der Waals surface area contributed by atoms with Crippen molar-refractivity contribution < 1.29 is 21.6 Å². The molecular weight excluding hydrogens is 243 g/mol. The van der Waals surface area contributed by atoms with Crippen molar-refractivity contribution in [1.82, 2.24) is 4.72 Å². The summed E-state index contributed by atoms with van der Waals surface area (Å²) < 4.78 is 59.7. The molecule has 0 aliphatic heterocycles. The molecule has 3 nitrogen and oxygen atoms in total. The molecule has 0 bridgehead atoms. The summed E-state index contributed by atoms with van der Waals surface area (Å²) in [6.07, 6.45) is 5.07. The molecule has 1 N–H and O–H groups in total. The van der Waals surface area contributed by atoms with Crippen LogP contribution in [-0.4, -0.2) is 19.5 Å². The third-order valence-electron chi connectivity index (χ3n) is 1.77. The molecule has 0 aromatic carbocycles. The Kier molecular flexibility index (Phi) is 3.17. The summed E-state index contributed by atoms with van der Waals surface area (Å²) in [5, 5.41) is 0. The van der Waals surface area contributed by atoms with Gasteiger partial charge in [0.25, 0.3) is 0 Å². The fourth-order valence-electron chi connectivity index (χ4n) is 0.997. The van der Waals surface area contributed by atoms with E-state index in [0.29, 0.717) is 0 Å². The third-order valence-corrected chi connectivity index (χ3v) is 3.09. The van der Waals surface area contributed by atoms with Crippen molar-refractivity contribution in [3.63, 3.8) is 0 Å². The van der Waals surface area contributed by atoms with E-state index in [0.717, 1.165) is 0 Å². The largest absolute Gasteiger partial charge is 0.511 e. The molecule has 1 aliphatic rings. The average molecular weight is 251 g/mol. The van der Waals surface area contributed by atoms with Crippen LogP contribution in [0.25, 0.3) is 0 Å². The van der Waals surface area contributed by atoms with E-state index < -0.39 is 21.1 Å². The van der Waals surface area contributed by atoms with Crippen LogP contribution in [0.3, 0.4) is 0 Å². The molecule has 7 heteroatoms. The minimum Gasteiger partial charge on any atom is -0.203 e. The van der Waals surface area contributed by atoms with Crippen LogP contribution in [0.15, 0.2) is 24.3 Å². The second kappa shape index (κ2) is 3.96. The molecule has 0 saturated heterocycles. The van der Waals surface area contributed by atoms with E-state index in [1.54, 1.807) is 4.72 Å². The molecule has 0 aromatic heterocycles. The van der Waals surface area contributed by atoms with Gasteiger partial charge in [0.05, 0.1) is 5.54 Å². The summed E-state index contributed by atoms with van der Waals surface area (Å²) in [4.78, 5) is 0. The smallest absolute Gasteiger partial charge is 0.203 e. The van der Waals surface area contributed by atoms with Crippen LogP contribution in [0.2, 0.25) is 0 Å². The monoisotopic (exact) mass is 251 g/mol. The normalized spacial score (nSPS) is 18.8. The molecule has 0 aromatic rings. The average Bonchev–Trinajstić information content (AvgIpc) is 2.26. The molecule has 0 atom stereocenters. The maximum atomic E-state index is 12.1. The Balaban J connectivity index is 2.99. The molecule has 0 unspecified atom stereocenters. The van der Waals surface area contributed by atoms with Crippen molar-refractivity contribution in [3.05, 3.63) is 24.3 Å². The molecular formula is C9H8F3NO2S.